The molecule has 0 aliphatic heterocycles. The molecule has 0 amide bonds. The number of benzene rings is 3. The van der Waals surface area contributed by atoms with Crippen LogP contribution in [0.25, 0.3) is 11.0 Å². The van der Waals surface area contributed by atoms with Crippen molar-refractivity contribution in [2.75, 3.05) is 0 Å². The quantitative estimate of drug-likeness (QED) is 0.0914. The number of esters is 1. The standard InChI is InChI=1S/C27H22I2O6/c1-2-3-9-21-25(26(32)16-11-18(28)27(33)19(29)12-16)17-13-20(30)23(14-22(17)34-21)35-24(31)10-15-7-5-4-6-8-15/h4-8,11-14,30,33H,2-3,9-10H2,1H3. The zero-order valence-corrected chi connectivity index (χ0v) is 23.1. The first-order valence-electron chi connectivity index (χ1n) is 11.0. The molecule has 0 saturated carbocycles. The molecular formula is C27H22I2O6. The Hall–Kier alpha value is -2.60. The highest BCUT2D eigenvalue weighted by atomic mass is 127. The van der Waals surface area contributed by atoms with Gasteiger partial charge in [0.15, 0.2) is 17.3 Å². The molecule has 1 heterocycles. The van der Waals surface area contributed by atoms with E-state index >= 15 is 0 Å². The molecule has 180 valence electrons. The van der Waals surface area contributed by atoms with Crippen molar-refractivity contribution in [3.05, 3.63) is 84.2 Å². The van der Waals surface area contributed by atoms with Crippen LogP contribution in [0.1, 0.15) is 47.0 Å². The Morgan fingerprint density at radius 2 is 1.69 bits per heavy atom. The normalized spacial score (nSPS) is 11.1. The van der Waals surface area contributed by atoms with Crippen LogP contribution >= 0.6 is 45.2 Å². The van der Waals surface area contributed by atoms with Gasteiger partial charge in [0.1, 0.15) is 17.1 Å². The number of aromatic hydroxyl groups is 2. The summed E-state index contributed by atoms with van der Waals surface area (Å²) in [6.45, 7) is 2.05. The number of hydrogen-bond donors (Lipinski definition) is 2. The Bertz CT molecular complexity index is 1390. The molecule has 0 bridgehead atoms. The van der Waals surface area contributed by atoms with Crippen LogP contribution in [0.15, 0.2) is 59.0 Å². The van der Waals surface area contributed by atoms with Crippen LogP contribution in [0.5, 0.6) is 17.2 Å². The second kappa shape index (κ2) is 11.0. The van der Waals surface area contributed by atoms with Crippen LogP contribution in [0.2, 0.25) is 0 Å². The van der Waals surface area contributed by atoms with Gasteiger partial charge in [-0.25, -0.2) is 0 Å². The van der Waals surface area contributed by atoms with Gasteiger partial charge in [0, 0.05) is 23.4 Å². The van der Waals surface area contributed by atoms with Crippen LogP contribution in [0.3, 0.4) is 0 Å². The van der Waals surface area contributed by atoms with E-state index in [1.165, 1.54) is 12.1 Å². The molecule has 0 aliphatic carbocycles. The average molecular weight is 696 g/mol. The molecule has 0 saturated heterocycles. The predicted octanol–water partition coefficient (Wildman–Crippen LogP) is 6.77. The summed E-state index contributed by atoms with van der Waals surface area (Å²) in [7, 11) is 0. The summed E-state index contributed by atoms with van der Waals surface area (Å²) in [6.07, 6.45) is 2.32. The Labute approximate surface area is 229 Å². The minimum Gasteiger partial charge on any atom is -0.506 e. The highest BCUT2D eigenvalue weighted by molar-refractivity contribution is 14.1. The molecule has 35 heavy (non-hydrogen) atoms. The lowest BCUT2D eigenvalue weighted by Crippen LogP contribution is -2.11. The molecule has 4 rings (SSSR count). The van der Waals surface area contributed by atoms with E-state index in [0.717, 1.165) is 18.4 Å². The second-order valence-electron chi connectivity index (χ2n) is 8.07. The lowest BCUT2D eigenvalue weighted by Gasteiger charge is -2.08. The number of furan rings is 1. The number of unbranched alkanes of at least 4 members (excludes halogenated alkanes) is 1. The van der Waals surface area contributed by atoms with Gasteiger partial charge in [-0.2, -0.15) is 0 Å². The summed E-state index contributed by atoms with van der Waals surface area (Å²) in [4.78, 5) is 26.0. The van der Waals surface area contributed by atoms with Crippen LogP contribution in [-0.4, -0.2) is 22.0 Å². The SMILES string of the molecule is CCCCc1oc2cc(OC(=O)Cc3ccccc3)c(O)cc2c1C(=O)c1cc(I)c(O)c(I)c1. The van der Waals surface area contributed by atoms with Crippen molar-refractivity contribution in [3.63, 3.8) is 0 Å². The van der Waals surface area contributed by atoms with Crippen LogP contribution in [0, 0.1) is 7.14 Å². The van der Waals surface area contributed by atoms with Gasteiger partial charge in [0.25, 0.3) is 0 Å². The molecular weight excluding hydrogens is 674 g/mol. The number of ketones is 1. The van der Waals surface area contributed by atoms with E-state index in [2.05, 4.69) is 0 Å². The molecule has 0 fully saturated rings. The average Bonchev–Trinajstić information content (AvgIpc) is 3.18. The molecule has 1 aromatic heterocycles. The van der Waals surface area contributed by atoms with Gasteiger partial charge in [0.05, 0.1) is 19.1 Å². The van der Waals surface area contributed by atoms with Gasteiger partial charge in [0.2, 0.25) is 0 Å². The number of phenolic OH excluding ortho intramolecular Hbond substituents is 2. The third-order valence-corrected chi connectivity index (χ3v) is 7.17. The minimum atomic E-state index is -0.520. The predicted molar refractivity (Wildman–Crippen MR) is 149 cm³/mol. The minimum absolute atomic E-state index is 0.0260. The van der Waals surface area contributed by atoms with Crippen molar-refractivity contribution in [2.24, 2.45) is 0 Å². The first kappa shape index (κ1) is 25.5. The van der Waals surface area contributed by atoms with Gasteiger partial charge in [-0.3, -0.25) is 9.59 Å². The topological polar surface area (TPSA) is 97.0 Å². The van der Waals surface area contributed by atoms with Crippen LogP contribution in [-0.2, 0) is 17.6 Å². The zero-order chi connectivity index (χ0) is 25.1. The molecule has 0 radical (unpaired) electrons. The van der Waals surface area contributed by atoms with Crippen molar-refractivity contribution >= 4 is 67.9 Å². The Morgan fingerprint density at radius 3 is 2.34 bits per heavy atom. The highest BCUT2D eigenvalue weighted by Gasteiger charge is 2.25. The molecule has 8 heteroatoms. The smallest absolute Gasteiger partial charge is 0.315 e. The molecule has 0 spiro atoms. The Balaban J connectivity index is 1.72. The van der Waals surface area contributed by atoms with E-state index < -0.39 is 5.97 Å². The molecule has 3 aromatic carbocycles. The largest absolute Gasteiger partial charge is 0.506 e. The third-order valence-electron chi connectivity index (χ3n) is 5.52. The lowest BCUT2D eigenvalue weighted by molar-refractivity contribution is -0.133. The Kier molecular flexibility index (Phi) is 8.00. The number of halogens is 2. The number of rotatable bonds is 8. The fourth-order valence-electron chi connectivity index (χ4n) is 3.77. The van der Waals surface area contributed by atoms with E-state index in [-0.39, 0.29) is 29.5 Å². The summed E-state index contributed by atoms with van der Waals surface area (Å²) < 4.78 is 12.6. The van der Waals surface area contributed by atoms with E-state index in [9.17, 15) is 19.8 Å². The van der Waals surface area contributed by atoms with E-state index in [1.54, 1.807) is 12.1 Å². The number of hydrogen-bond acceptors (Lipinski definition) is 6. The van der Waals surface area contributed by atoms with Crippen LogP contribution in [0.4, 0.5) is 0 Å². The monoisotopic (exact) mass is 696 g/mol. The summed E-state index contributed by atoms with van der Waals surface area (Å²) in [5, 5.41) is 21.2. The molecule has 0 unspecified atom stereocenters. The van der Waals surface area contributed by atoms with Crippen molar-refractivity contribution in [1.82, 2.24) is 0 Å². The van der Waals surface area contributed by atoms with Crippen molar-refractivity contribution < 1.29 is 29.0 Å². The second-order valence-corrected chi connectivity index (χ2v) is 10.4. The molecule has 0 aliphatic rings. The van der Waals surface area contributed by atoms with Crippen LogP contribution < -0.4 is 4.74 Å². The molecule has 2 N–H and O–H groups in total. The fraction of sp³-hybridized carbons (Fsp3) is 0.185. The third kappa shape index (κ3) is 5.64. The molecule has 4 aromatic rings. The number of phenols is 2. The van der Waals surface area contributed by atoms with E-state index in [4.69, 9.17) is 9.15 Å². The number of fused-ring (bicyclic) bond motifs is 1. The maximum Gasteiger partial charge on any atom is 0.315 e. The maximum absolute atomic E-state index is 13.6. The summed E-state index contributed by atoms with van der Waals surface area (Å²) in [5.41, 5.74) is 1.92. The summed E-state index contributed by atoms with van der Waals surface area (Å²) >= 11 is 3.97. The number of ether oxygens (including phenoxy) is 1. The maximum atomic E-state index is 13.6. The molecule has 0 atom stereocenters. The van der Waals surface area contributed by atoms with Gasteiger partial charge in [-0.05, 0) is 75.4 Å². The number of carbonyl (C=O) groups is 2. The number of carbonyl (C=O) groups excluding carboxylic acids is 2. The zero-order valence-electron chi connectivity index (χ0n) is 18.8. The number of aryl methyl sites for hydroxylation is 1. The lowest BCUT2D eigenvalue weighted by atomic mass is 9.98. The van der Waals surface area contributed by atoms with Crippen molar-refractivity contribution in [3.8, 4) is 17.2 Å². The van der Waals surface area contributed by atoms with Gasteiger partial charge < -0.3 is 19.4 Å². The first-order chi connectivity index (χ1) is 16.8. The van der Waals surface area contributed by atoms with Gasteiger partial charge >= 0.3 is 5.97 Å². The highest BCUT2D eigenvalue weighted by Crippen LogP contribution is 2.38. The van der Waals surface area contributed by atoms with Gasteiger partial charge in [-0.1, -0.05) is 43.7 Å². The summed E-state index contributed by atoms with van der Waals surface area (Å²) in [6, 6.07) is 15.3. The van der Waals surface area contributed by atoms with Crippen molar-refractivity contribution in [2.45, 2.75) is 32.6 Å². The summed E-state index contributed by atoms with van der Waals surface area (Å²) in [5.74, 6) is -0.428. The van der Waals surface area contributed by atoms with E-state index in [1.807, 2.05) is 82.4 Å². The molecule has 6 nitrogen and oxygen atoms in total. The first-order valence-corrected chi connectivity index (χ1v) is 13.2. The van der Waals surface area contributed by atoms with Crippen molar-refractivity contribution in [1.29, 1.82) is 0 Å². The fourth-order valence-corrected chi connectivity index (χ4v) is 5.54. The van der Waals surface area contributed by atoms with Gasteiger partial charge in [-0.15, -0.1) is 0 Å². The Morgan fingerprint density at radius 1 is 1.00 bits per heavy atom. The van der Waals surface area contributed by atoms with E-state index in [0.29, 0.717) is 41.4 Å².